The van der Waals surface area contributed by atoms with Crippen molar-refractivity contribution in [2.45, 2.75) is 25.8 Å². The Morgan fingerprint density at radius 1 is 1.58 bits per heavy atom. The van der Waals surface area contributed by atoms with Crippen molar-refractivity contribution in [3.8, 4) is 0 Å². The Morgan fingerprint density at radius 2 is 2.33 bits per heavy atom. The summed E-state index contributed by atoms with van der Waals surface area (Å²) in [7, 11) is 0. The minimum Gasteiger partial charge on any atom is -0.328 e. The molecule has 66 valence electrons. The number of aromatic nitrogens is 1. The van der Waals surface area contributed by atoms with Crippen LogP contribution in [0.1, 0.15) is 18.9 Å². The van der Waals surface area contributed by atoms with Gasteiger partial charge in [-0.05, 0) is 31.4 Å². The minimum absolute atomic E-state index is 0.160. The molecule has 1 rings (SSSR count). The zero-order chi connectivity index (χ0) is 8.97. The molecule has 0 aromatic carbocycles. The second-order valence-electron chi connectivity index (χ2n) is 3.03. The molecule has 0 aliphatic rings. The van der Waals surface area contributed by atoms with Crippen LogP contribution in [-0.2, 0) is 6.42 Å². The fraction of sp³-hybridized carbons (Fsp3) is 0.444. The van der Waals surface area contributed by atoms with Gasteiger partial charge in [0.25, 0.3) is 0 Å². The van der Waals surface area contributed by atoms with Gasteiger partial charge in [-0.2, -0.15) is 0 Å². The van der Waals surface area contributed by atoms with Crippen LogP contribution in [0.3, 0.4) is 0 Å². The average Bonchev–Trinajstić information content (AvgIpc) is 2.01. The van der Waals surface area contributed by atoms with Crippen LogP contribution in [-0.4, -0.2) is 11.0 Å². The monoisotopic (exact) mass is 168 g/mol. The van der Waals surface area contributed by atoms with E-state index in [-0.39, 0.29) is 11.9 Å². The van der Waals surface area contributed by atoms with E-state index < -0.39 is 0 Å². The normalized spacial score (nSPS) is 12.9. The molecule has 1 aromatic heterocycles. The van der Waals surface area contributed by atoms with Crippen LogP contribution in [0.2, 0.25) is 0 Å². The lowest BCUT2D eigenvalue weighted by Crippen LogP contribution is -2.15. The third-order valence-electron chi connectivity index (χ3n) is 1.65. The molecule has 2 nitrogen and oxygen atoms in total. The molecule has 12 heavy (non-hydrogen) atoms. The van der Waals surface area contributed by atoms with Crippen molar-refractivity contribution >= 4 is 0 Å². The molecular weight excluding hydrogens is 155 g/mol. The molecule has 0 unspecified atom stereocenters. The van der Waals surface area contributed by atoms with Gasteiger partial charge in [0.2, 0.25) is 0 Å². The van der Waals surface area contributed by atoms with Gasteiger partial charge in [0.15, 0.2) is 0 Å². The number of halogens is 1. The minimum atomic E-state index is -0.280. The van der Waals surface area contributed by atoms with Crippen molar-refractivity contribution in [3.05, 3.63) is 29.8 Å². The van der Waals surface area contributed by atoms with E-state index in [1.54, 1.807) is 6.20 Å². The van der Waals surface area contributed by atoms with E-state index in [1.165, 1.54) is 12.3 Å². The molecule has 0 fully saturated rings. The molecule has 0 aliphatic carbocycles. The lowest BCUT2D eigenvalue weighted by Gasteiger charge is -2.03. The van der Waals surface area contributed by atoms with Gasteiger partial charge in [-0.15, -0.1) is 0 Å². The van der Waals surface area contributed by atoms with Crippen molar-refractivity contribution in [2.75, 3.05) is 0 Å². The molecule has 1 atom stereocenters. The van der Waals surface area contributed by atoms with Crippen molar-refractivity contribution in [2.24, 2.45) is 5.73 Å². The Hall–Kier alpha value is -0.960. The first-order valence-corrected chi connectivity index (χ1v) is 4.03. The van der Waals surface area contributed by atoms with Gasteiger partial charge in [-0.25, -0.2) is 4.39 Å². The van der Waals surface area contributed by atoms with Crippen LogP contribution >= 0.6 is 0 Å². The van der Waals surface area contributed by atoms with Crippen molar-refractivity contribution in [3.63, 3.8) is 0 Å². The number of hydrogen-bond acceptors (Lipinski definition) is 2. The Bertz CT molecular complexity index is 248. The average molecular weight is 168 g/mol. The molecule has 0 spiro atoms. The fourth-order valence-corrected chi connectivity index (χ4v) is 0.987. The molecule has 0 aliphatic heterocycles. The number of hydrogen-bond donors (Lipinski definition) is 1. The van der Waals surface area contributed by atoms with Crippen molar-refractivity contribution in [1.82, 2.24) is 4.98 Å². The summed E-state index contributed by atoms with van der Waals surface area (Å²) in [6.07, 6.45) is 4.54. The first-order valence-electron chi connectivity index (χ1n) is 4.03. The fourth-order valence-electron chi connectivity index (χ4n) is 0.987. The summed E-state index contributed by atoms with van der Waals surface area (Å²) in [5.74, 6) is -0.280. The van der Waals surface area contributed by atoms with E-state index in [0.717, 1.165) is 18.4 Å². The van der Waals surface area contributed by atoms with Crippen LogP contribution < -0.4 is 5.73 Å². The SMILES string of the molecule is C[C@H](N)CCc1cncc(F)c1. The number of aryl methyl sites for hydroxylation is 1. The van der Waals surface area contributed by atoms with Crippen molar-refractivity contribution in [1.29, 1.82) is 0 Å². The maximum atomic E-state index is 12.6. The highest BCUT2D eigenvalue weighted by Gasteiger charge is 1.98. The molecule has 0 bridgehead atoms. The quantitative estimate of drug-likeness (QED) is 0.742. The number of nitrogens with two attached hydrogens (primary N) is 1. The molecule has 2 N–H and O–H groups in total. The van der Waals surface area contributed by atoms with E-state index in [4.69, 9.17) is 5.73 Å². The highest BCUT2D eigenvalue weighted by atomic mass is 19.1. The molecule has 0 saturated carbocycles. The molecule has 0 amide bonds. The third-order valence-corrected chi connectivity index (χ3v) is 1.65. The smallest absolute Gasteiger partial charge is 0.141 e. The largest absolute Gasteiger partial charge is 0.328 e. The topological polar surface area (TPSA) is 38.9 Å². The van der Waals surface area contributed by atoms with Crippen LogP contribution in [0.5, 0.6) is 0 Å². The second kappa shape index (κ2) is 4.16. The maximum Gasteiger partial charge on any atom is 0.141 e. The Balaban J connectivity index is 2.52. The van der Waals surface area contributed by atoms with Gasteiger partial charge < -0.3 is 5.73 Å². The third kappa shape index (κ3) is 2.96. The number of pyridine rings is 1. The number of rotatable bonds is 3. The van der Waals surface area contributed by atoms with Gasteiger partial charge >= 0.3 is 0 Å². The summed E-state index contributed by atoms with van der Waals surface area (Å²) in [5.41, 5.74) is 6.47. The van der Waals surface area contributed by atoms with E-state index in [0.29, 0.717) is 0 Å². The van der Waals surface area contributed by atoms with E-state index >= 15 is 0 Å². The summed E-state index contributed by atoms with van der Waals surface area (Å²) >= 11 is 0. The Morgan fingerprint density at radius 3 is 2.92 bits per heavy atom. The maximum absolute atomic E-state index is 12.6. The Labute approximate surface area is 71.6 Å². The van der Waals surface area contributed by atoms with Crippen molar-refractivity contribution < 1.29 is 4.39 Å². The van der Waals surface area contributed by atoms with Gasteiger partial charge in [-0.3, -0.25) is 4.98 Å². The second-order valence-corrected chi connectivity index (χ2v) is 3.03. The van der Waals surface area contributed by atoms with Gasteiger partial charge in [-0.1, -0.05) is 0 Å². The van der Waals surface area contributed by atoms with Gasteiger partial charge in [0, 0.05) is 12.2 Å². The molecule has 1 aromatic rings. The lowest BCUT2D eigenvalue weighted by molar-refractivity contribution is 0.612. The standard InChI is InChI=1S/C9H13FN2/c1-7(11)2-3-8-4-9(10)6-12-5-8/h4-7H,2-3,11H2,1H3/t7-/m0/s1. The summed E-state index contributed by atoms with van der Waals surface area (Å²) in [4.78, 5) is 3.75. The molecule has 0 radical (unpaired) electrons. The summed E-state index contributed by atoms with van der Waals surface area (Å²) < 4.78 is 12.6. The Kier molecular flexibility index (Phi) is 3.17. The van der Waals surface area contributed by atoms with Gasteiger partial charge in [0.05, 0.1) is 6.20 Å². The molecule has 3 heteroatoms. The van der Waals surface area contributed by atoms with Gasteiger partial charge in [0.1, 0.15) is 5.82 Å². The van der Waals surface area contributed by atoms with Crippen LogP contribution in [0.25, 0.3) is 0 Å². The van der Waals surface area contributed by atoms with Crippen LogP contribution in [0, 0.1) is 5.82 Å². The predicted octanol–water partition coefficient (Wildman–Crippen LogP) is 1.50. The number of nitrogens with zero attached hydrogens (tertiary/aromatic N) is 1. The zero-order valence-electron chi connectivity index (χ0n) is 7.13. The zero-order valence-corrected chi connectivity index (χ0v) is 7.13. The predicted molar refractivity (Wildman–Crippen MR) is 46.2 cm³/mol. The van der Waals surface area contributed by atoms with E-state index in [2.05, 4.69) is 4.98 Å². The summed E-state index contributed by atoms with van der Waals surface area (Å²) in [6, 6.07) is 1.66. The summed E-state index contributed by atoms with van der Waals surface area (Å²) in [6.45, 7) is 1.94. The highest BCUT2D eigenvalue weighted by molar-refractivity contribution is 5.10. The van der Waals surface area contributed by atoms with E-state index in [1.807, 2.05) is 6.92 Å². The van der Waals surface area contributed by atoms with Crippen LogP contribution in [0.15, 0.2) is 18.5 Å². The highest BCUT2D eigenvalue weighted by Crippen LogP contribution is 2.04. The molecular formula is C9H13FN2. The summed E-state index contributed by atoms with van der Waals surface area (Å²) in [5, 5.41) is 0. The molecule has 1 heterocycles. The first kappa shape index (κ1) is 9.13. The first-order chi connectivity index (χ1) is 5.68. The van der Waals surface area contributed by atoms with E-state index in [9.17, 15) is 4.39 Å². The van der Waals surface area contributed by atoms with Crippen LogP contribution in [0.4, 0.5) is 4.39 Å². The lowest BCUT2D eigenvalue weighted by atomic mass is 10.1. The molecule has 0 saturated heterocycles.